The minimum Gasteiger partial charge on any atom is -0.219 e. The molecule has 4 atom stereocenters. The summed E-state index contributed by atoms with van der Waals surface area (Å²) in [5, 5.41) is 0.887. The van der Waals surface area contributed by atoms with Crippen LogP contribution in [0.1, 0.15) is 20.3 Å². The fourth-order valence-electron chi connectivity index (χ4n) is 4.78. The van der Waals surface area contributed by atoms with Crippen molar-refractivity contribution in [2.45, 2.75) is 39.7 Å². The number of hydrogen-bond acceptors (Lipinski definition) is 4. The molecule has 0 radical (unpaired) electrons. The molecule has 4 nitrogen and oxygen atoms in total. The van der Waals surface area contributed by atoms with Gasteiger partial charge in [-0.2, -0.15) is 0 Å². The first-order valence-electron chi connectivity index (χ1n) is 10.1. The van der Waals surface area contributed by atoms with Gasteiger partial charge in [0.05, 0.1) is 29.3 Å². The molecule has 4 rings (SSSR count). The van der Waals surface area contributed by atoms with Gasteiger partial charge in [0, 0.05) is 20.9 Å². The average molecular weight is 655 g/mol. The summed E-state index contributed by atoms with van der Waals surface area (Å²) in [6.07, 6.45) is 3.97. The van der Waals surface area contributed by atoms with Gasteiger partial charge in [0.25, 0.3) is 0 Å². The Morgan fingerprint density at radius 1 is 0.758 bits per heavy atom. The Bertz CT molecular complexity index is 1380. The molecule has 0 saturated carbocycles. The van der Waals surface area contributed by atoms with Crippen molar-refractivity contribution in [1.82, 2.24) is 0 Å². The Hall–Kier alpha value is -0.640. The van der Waals surface area contributed by atoms with E-state index in [1.54, 1.807) is 12.2 Å². The molecule has 4 unspecified atom stereocenters. The number of allylic oxidation sites excluding steroid dienone is 4. The van der Waals surface area contributed by atoms with Crippen molar-refractivity contribution >= 4 is 74.7 Å². The van der Waals surface area contributed by atoms with Crippen LogP contribution in [0.3, 0.4) is 0 Å². The summed E-state index contributed by atoms with van der Waals surface area (Å²) in [7, 11) is -7.65. The quantitative estimate of drug-likeness (QED) is 0.327. The van der Waals surface area contributed by atoms with E-state index in [0.717, 1.165) is 0 Å². The highest BCUT2D eigenvalue weighted by atomic mass is 79.9. The van der Waals surface area contributed by atoms with Crippen molar-refractivity contribution in [2.75, 3.05) is 0 Å². The SMILES string of the molecule is CCC12C=C(S(=O)(=O)c3ccc(Cl)cc3)C(Br)C1(C)C=C(S(=O)(=O)c1ccc(Cl)cc1)C2Br. The molecule has 0 aliphatic heterocycles. The molecule has 2 aliphatic rings. The molecule has 0 bridgehead atoms. The van der Waals surface area contributed by atoms with Gasteiger partial charge in [-0.3, -0.25) is 0 Å². The third-order valence-electron chi connectivity index (χ3n) is 6.78. The van der Waals surface area contributed by atoms with Crippen molar-refractivity contribution in [3.8, 4) is 0 Å². The molecule has 33 heavy (non-hydrogen) atoms. The van der Waals surface area contributed by atoms with Gasteiger partial charge in [-0.05, 0) is 55.0 Å². The zero-order valence-electron chi connectivity index (χ0n) is 17.6. The Morgan fingerprint density at radius 3 is 1.52 bits per heavy atom. The summed E-state index contributed by atoms with van der Waals surface area (Å²) in [4.78, 5) is -0.513. The van der Waals surface area contributed by atoms with Crippen molar-refractivity contribution in [2.24, 2.45) is 10.8 Å². The molecule has 0 saturated heterocycles. The topological polar surface area (TPSA) is 68.3 Å². The molecule has 0 fully saturated rings. The van der Waals surface area contributed by atoms with Gasteiger partial charge in [-0.25, -0.2) is 16.8 Å². The third kappa shape index (κ3) is 3.71. The van der Waals surface area contributed by atoms with Crippen LogP contribution in [0.2, 0.25) is 10.0 Å². The maximum atomic E-state index is 13.5. The Kier molecular flexibility index (Phi) is 6.55. The van der Waals surface area contributed by atoms with Crippen LogP contribution in [0.5, 0.6) is 0 Å². The van der Waals surface area contributed by atoms with E-state index in [-0.39, 0.29) is 19.6 Å². The standard InChI is InChI=1S/C23H20Br2Cl2O4S2/c1-3-23-13-19(33(30,31)17-10-6-15(27)7-11-17)20(24)22(23,2)12-18(21(23)25)32(28,29)16-8-4-14(26)5-9-16/h4-13,20-21H,3H2,1-2H3. The zero-order chi connectivity index (χ0) is 24.4. The molecule has 176 valence electrons. The monoisotopic (exact) mass is 652 g/mol. The van der Waals surface area contributed by atoms with Gasteiger partial charge in [-0.1, -0.05) is 81.1 Å². The van der Waals surface area contributed by atoms with Crippen molar-refractivity contribution < 1.29 is 16.8 Å². The van der Waals surface area contributed by atoms with Gasteiger partial charge in [0.15, 0.2) is 0 Å². The molecule has 2 aromatic carbocycles. The molecule has 0 heterocycles. The second kappa shape index (κ2) is 8.49. The number of fused-ring (bicyclic) bond motifs is 1. The molecular formula is C23H20Br2Cl2O4S2. The van der Waals surface area contributed by atoms with E-state index in [0.29, 0.717) is 16.5 Å². The second-order valence-electron chi connectivity index (χ2n) is 8.41. The van der Waals surface area contributed by atoms with Gasteiger partial charge < -0.3 is 0 Å². The number of hydrogen-bond donors (Lipinski definition) is 0. The predicted octanol–water partition coefficient (Wildman–Crippen LogP) is 6.97. The Balaban J connectivity index is 1.83. The summed E-state index contributed by atoms with van der Waals surface area (Å²) < 4.78 is 54.1. The van der Waals surface area contributed by atoms with E-state index in [1.165, 1.54) is 48.5 Å². The maximum absolute atomic E-state index is 13.5. The predicted molar refractivity (Wildman–Crippen MR) is 140 cm³/mol. The molecule has 2 aliphatic carbocycles. The van der Waals surface area contributed by atoms with Crippen LogP contribution in [0.15, 0.2) is 80.3 Å². The lowest BCUT2D eigenvalue weighted by molar-refractivity contribution is 0.211. The molecule has 0 aromatic heterocycles. The summed E-state index contributed by atoms with van der Waals surface area (Å²) in [5.74, 6) is 0. The number of sulfone groups is 2. The maximum Gasteiger partial charge on any atom is 0.203 e. The summed E-state index contributed by atoms with van der Waals surface area (Å²) >= 11 is 19.1. The minimum absolute atomic E-state index is 0.140. The summed E-state index contributed by atoms with van der Waals surface area (Å²) in [6.45, 7) is 3.84. The number of benzene rings is 2. The second-order valence-corrected chi connectivity index (χ2v) is 15.0. The van der Waals surface area contributed by atoms with Crippen LogP contribution in [-0.2, 0) is 19.7 Å². The fourth-order valence-corrected chi connectivity index (χ4v) is 11.6. The van der Waals surface area contributed by atoms with E-state index < -0.39 is 40.2 Å². The summed E-state index contributed by atoms with van der Waals surface area (Å²) in [5.41, 5.74) is -1.58. The van der Waals surface area contributed by atoms with Crippen molar-refractivity contribution in [3.05, 3.63) is 80.5 Å². The van der Waals surface area contributed by atoms with Crippen LogP contribution in [0, 0.1) is 10.8 Å². The molecule has 0 N–H and O–H groups in total. The largest absolute Gasteiger partial charge is 0.219 e. The highest BCUT2D eigenvalue weighted by Gasteiger charge is 2.65. The Morgan fingerprint density at radius 2 is 1.15 bits per heavy atom. The molecule has 10 heteroatoms. The lowest BCUT2D eigenvalue weighted by atomic mass is 9.67. The number of alkyl halides is 2. The smallest absolute Gasteiger partial charge is 0.203 e. The van der Waals surface area contributed by atoms with Gasteiger partial charge in [0.1, 0.15) is 0 Å². The van der Waals surface area contributed by atoms with Crippen LogP contribution < -0.4 is 0 Å². The highest BCUT2D eigenvalue weighted by molar-refractivity contribution is 9.10. The fraction of sp³-hybridized carbons (Fsp3) is 0.304. The lowest BCUT2D eigenvalue weighted by Crippen LogP contribution is -2.40. The molecule has 0 spiro atoms. The number of halogens is 4. The first-order valence-corrected chi connectivity index (χ1v) is 15.6. The normalized spacial score (nSPS) is 29.5. The van der Waals surface area contributed by atoms with Crippen LogP contribution in [0.25, 0.3) is 0 Å². The molecule has 2 aromatic rings. The van der Waals surface area contributed by atoms with Crippen molar-refractivity contribution in [1.29, 1.82) is 0 Å². The van der Waals surface area contributed by atoms with E-state index in [2.05, 4.69) is 31.9 Å². The van der Waals surface area contributed by atoms with E-state index in [9.17, 15) is 16.8 Å². The van der Waals surface area contributed by atoms with Crippen LogP contribution >= 0.6 is 55.1 Å². The van der Waals surface area contributed by atoms with E-state index in [4.69, 9.17) is 23.2 Å². The van der Waals surface area contributed by atoms with Gasteiger partial charge in [0.2, 0.25) is 19.7 Å². The van der Waals surface area contributed by atoms with E-state index in [1.807, 2.05) is 13.8 Å². The van der Waals surface area contributed by atoms with Gasteiger partial charge >= 0.3 is 0 Å². The molecular weight excluding hydrogens is 635 g/mol. The van der Waals surface area contributed by atoms with Crippen LogP contribution in [-0.4, -0.2) is 26.5 Å². The summed E-state index contributed by atoms with van der Waals surface area (Å²) in [6, 6.07) is 12.1. The first kappa shape index (κ1) is 25.5. The Labute approximate surface area is 221 Å². The minimum atomic E-state index is -3.82. The molecule has 0 amide bonds. The zero-order valence-corrected chi connectivity index (χ0v) is 23.9. The van der Waals surface area contributed by atoms with Crippen molar-refractivity contribution in [3.63, 3.8) is 0 Å². The van der Waals surface area contributed by atoms with Gasteiger partial charge in [-0.15, -0.1) is 0 Å². The average Bonchev–Trinajstić information content (AvgIpc) is 3.14. The van der Waals surface area contributed by atoms with Crippen LogP contribution in [0.4, 0.5) is 0 Å². The number of rotatable bonds is 5. The van der Waals surface area contributed by atoms with E-state index >= 15 is 0 Å². The first-order chi connectivity index (χ1) is 15.3. The third-order valence-corrected chi connectivity index (χ3v) is 14.4. The highest BCUT2D eigenvalue weighted by Crippen LogP contribution is 2.67. The lowest BCUT2D eigenvalue weighted by Gasteiger charge is -2.40.